The number of hydrogen-bond donors (Lipinski definition) is 3. The van der Waals surface area contributed by atoms with Crippen molar-refractivity contribution >= 4 is 29.6 Å². The molecule has 3 N–H and O–H groups in total. The number of rotatable bonds is 10. The minimum atomic E-state index is -0.920. The van der Waals surface area contributed by atoms with E-state index in [9.17, 15) is 14.4 Å². The molecule has 11 heteroatoms. The summed E-state index contributed by atoms with van der Waals surface area (Å²) in [6, 6.07) is 15.9. The zero-order valence-electron chi connectivity index (χ0n) is 22.4. The lowest BCUT2D eigenvalue weighted by molar-refractivity contribution is -0.139. The lowest BCUT2D eigenvalue weighted by Crippen LogP contribution is -2.37. The second-order valence-electron chi connectivity index (χ2n) is 8.79. The van der Waals surface area contributed by atoms with E-state index >= 15 is 0 Å². The molecule has 0 bridgehead atoms. The smallest absolute Gasteiger partial charge is 0.329 e. The molecule has 0 unspecified atom stereocenters. The number of hydrogen-bond acceptors (Lipinski definition) is 8. The van der Waals surface area contributed by atoms with Crippen LogP contribution in [0.15, 0.2) is 59.7 Å². The monoisotopic (exact) mass is 546 g/mol. The zero-order valence-corrected chi connectivity index (χ0v) is 22.4. The zero-order chi connectivity index (χ0) is 28.5. The van der Waals surface area contributed by atoms with Gasteiger partial charge in [0, 0.05) is 12.2 Å². The van der Waals surface area contributed by atoms with Crippen LogP contribution in [0.25, 0.3) is 0 Å². The normalized spacial score (nSPS) is 11.7. The maximum absolute atomic E-state index is 12.4. The van der Waals surface area contributed by atoms with Gasteiger partial charge in [0.25, 0.3) is 5.91 Å². The molecule has 0 saturated carbocycles. The molecule has 1 aliphatic rings. The molecule has 3 amide bonds. The molecule has 208 valence electrons. The van der Waals surface area contributed by atoms with Gasteiger partial charge in [0.05, 0.1) is 12.8 Å². The average molecular weight is 547 g/mol. The maximum Gasteiger partial charge on any atom is 0.329 e. The third-order valence-electron chi connectivity index (χ3n) is 5.98. The first kappa shape index (κ1) is 28.0. The summed E-state index contributed by atoms with van der Waals surface area (Å²) in [7, 11) is 0. The van der Waals surface area contributed by atoms with Crippen LogP contribution >= 0.6 is 0 Å². The molecule has 0 saturated heterocycles. The fraction of sp³-hybridized carbons (Fsp3) is 0.241. The Hall–Kier alpha value is -5.06. The van der Waals surface area contributed by atoms with Gasteiger partial charge in [-0.25, -0.2) is 5.43 Å². The van der Waals surface area contributed by atoms with Crippen molar-refractivity contribution < 1.29 is 33.3 Å². The third kappa shape index (κ3) is 7.28. The van der Waals surface area contributed by atoms with Gasteiger partial charge >= 0.3 is 11.8 Å². The molecular formula is C29H30N4O7. The number of carbonyl (C=O) groups excluding carboxylic acids is 3. The molecule has 1 aliphatic heterocycles. The van der Waals surface area contributed by atoms with Gasteiger partial charge in [-0.05, 0) is 79.4 Å². The van der Waals surface area contributed by atoms with Crippen molar-refractivity contribution in [3.63, 3.8) is 0 Å². The number of aryl methyl sites for hydroxylation is 1. The van der Waals surface area contributed by atoms with Crippen molar-refractivity contribution in [2.45, 2.75) is 27.3 Å². The van der Waals surface area contributed by atoms with Gasteiger partial charge in [0.1, 0.15) is 0 Å². The van der Waals surface area contributed by atoms with Crippen LogP contribution in [0.4, 0.5) is 5.69 Å². The Balaban J connectivity index is 1.28. The van der Waals surface area contributed by atoms with Crippen molar-refractivity contribution in [2.24, 2.45) is 5.10 Å². The second kappa shape index (κ2) is 13.1. The summed E-state index contributed by atoms with van der Waals surface area (Å²) in [6.07, 6.45) is 1.36. The van der Waals surface area contributed by atoms with Crippen LogP contribution in [0.3, 0.4) is 0 Å². The van der Waals surface area contributed by atoms with Crippen LogP contribution in [-0.4, -0.2) is 43.9 Å². The summed E-state index contributed by atoms with van der Waals surface area (Å²) in [5, 5.41) is 9.23. The van der Waals surface area contributed by atoms with Crippen molar-refractivity contribution in [1.29, 1.82) is 0 Å². The molecule has 0 fully saturated rings. The van der Waals surface area contributed by atoms with E-state index in [0.717, 1.165) is 22.4 Å². The number of nitrogens with one attached hydrogen (secondary N) is 3. The van der Waals surface area contributed by atoms with Crippen molar-refractivity contribution in [2.75, 3.05) is 25.3 Å². The molecule has 0 aliphatic carbocycles. The minimum Gasteiger partial charge on any atom is -0.490 e. The average Bonchev–Trinajstić information content (AvgIpc) is 3.42. The fourth-order valence-electron chi connectivity index (χ4n) is 3.74. The Morgan fingerprint density at radius 1 is 0.950 bits per heavy atom. The number of anilines is 1. The Morgan fingerprint density at radius 3 is 2.60 bits per heavy atom. The predicted octanol–water partition coefficient (Wildman–Crippen LogP) is 3.21. The topological polar surface area (TPSA) is 137 Å². The predicted molar refractivity (Wildman–Crippen MR) is 148 cm³/mol. The number of ether oxygens (including phenoxy) is 4. The summed E-state index contributed by atoms with van der Waals surface area (Å²) in [5.41, 5.74) is 6.32. The summed E-state index contributed by atoms with van der Waals surface area (Å²) >= 11 is 0. The Morgan fingerprint density at radius 2 is 1.77 bits per heavy atom. The first-order valence-corrected chi connectivity index (χ1v) is 12.6. The SMILES string of the molecule is CCOc1cc(/C=N\NC(=O)C(=O)NCc2ccc3c(c2)OCO3)ccc1OCC(=O)Nc1cccc(C)c1C. The number of fused-ring (bicyclic) bond motifs is 1. The van der Waals surface area contributed by atoms with E-state index in [0.29, 0.717) is 35.2 Å². The second-order valence-corrected chi connectivity index (χ2v) is 8.79. The quantitative estimate of drug-likeness (QED) is 0.202. The lowest BCUT2D eigenvalue weighted by Gasteiger charge is -2.14. The molecule has 0 atom stereocenters. The molecule has 4 rings (SSSR count). The molecule has 0 radical (unpaired) electrons. The van der Waals surface area contributed by atoms with Crippen LogP contribution in [0, 0.1) is 13.8 Å². The summed E-state index contributed by atoms with van der Waals surface area (Å²) < 4.78 is 21.9. The van der Waals surface area contributed by atoms with E-state index in [2.05, 4.69) is 21.2 Å². The van der Waals surface area contributed by atoms with Crippen LogP contribution in [0.1, 0.15) is 29.2 Å². The number of amides is 3. The molecule has 1 heterocycles. The van der Waals surface area contributed by atoms with Crippen LogP contribution < -0.4 is 35.0 Å². The molecule has 3 aromatic carbocycles. The molecule has 0 spiro atoms. The highest BCUT2D eigenvalue weighted by atomic mass is 16.7. The standard InChI is InChI=1S/C29H30N4O7/c1-4-37-25-13-21(9-10-23(25)38-16-27(34)32-22-7-5-6-18(2)19(22)3)15-31-33-29(36)28(35)30-14-20-8-11-24-26(12-20)40-17-39-24/h5-13,15H,4,14,16-17H2,1-3H3,(H,30,35)(H,32,34)(H,33,36)/b31-15-. The van der Waals surface area contributed by atoms with Crippen LogP contribution in [0.5, 0.6) is 23.0 Å². The fourth-order valence-corrected chi connectivity index (χ4v) is 3.74. The molecule has 11 nitrogen and oxygen atoms in total. The van der Waals surface area contributed by atoms with Crippen LogP contribution in [-0.2, 0) is 20.9 Å². The van der Waals surface area contributed by atoms with E-state index in [-0.39, 0.29) is 25.9 Å². The largest absolute Gasteiger partial charge is 0.490 e. The van der Waals surface area contributed by atoms with Gasteiger partial charge in [-0.2, -0.15) is 5.10 Å². The third-order valence-corrected chi connectivity index (χ3v) is 5.98. The van der Waals surface area contributed by atoms with Gasteiger partial charge < -0.3 is 29.6 Å². The molecule has 0 aromatic heterocycles. The minimum absolute atomic E-state index is 0.133. The lowest BCUT2D eigenvalue weighted by atomic mass is 10.1. The molecular weight excluding hydrogens is 516 g/mol. The highest BCUT2D eigenvalue weighted by Crippen LogP contribution is 2.32. The first-order chi connectivity index (χ1) is 19.3. The van der Waals surface area contributed by atoms with Crippen molar-refractivity contribution in [1.82, 2.24) is 10.7 Å². The van der Waals surface area contributed by atoms with Crippen molar-refractivity contribution in [3.8, 4) is 23.0 Å². The maximum atomic E-state index is 12.4. The van der Waals surface area contributed by atoms with E-state index in [1.165, 1.54) is 6.21 Å². The summed E-state index contributed by atoms with van der Waals surface area (Å²) in [5.74, 6) is -0.0659. The van der Waals surface area contributed by atoms with Gasteiger partial charge in [0.2, 0.25) is 6.79 Å². The number of carbonyl (C=O) groups is 3. The summed E-state index contributed by atoms with van der Waals surface area (Å²) in [4.78, 5) is 36.7. The van der Waals surface area contributed by atoms with Gasteiger partial charge in [-0.1, -0.05) is 18.2 Å². The molecule has 40 heavy (non-hydrogen) atoms. The summed E-state index contributed by atoms with van der Waals surface area (Å²) in [6.45, 7) is 6.18. The van der Waals surface area contributed by atoms with E-state index in [4.69, 9.17) is 18.9 Å². The Kier molecular flexibility index (Phi) is 9.19. The number of nitrogens with zero attached hydrogens (tertiary/aromatic N) is 1. The van der Waals surface area contributed by atoms with Crippen LogP contribution in [0.2, 0.25) is 0 Å². The van der Waals surface area contributed by atoms with E-state index < -0.39 is 11.8 Å². The van der Waals surface area contributed by atoms with E-state index in [1.54, 1.807) is 36.4 Å². The Bertz CT molecular complexity index is 1440. The van der Waals surface area contributed by atoms with E-state index in [1.807, 2.05) is 39.0 Å². The highest BCUT2D eigenvalue weighted by molar-refractivity contribution is 6.35. The van der Waals surface area contributed by atoms with Crippen molar-refractivity contribution in [3.05, 3.63) is 76.9 Å². The highest BCUT2D eigenvalue weighted by Gasteiger charge is 2.16. The Labute approximate surface area is 231 Å². The number of benzene rings is 3. The van der Waals surface area contributed by atoms with Gasteiger partial charge in [-0.3, -0.25) is 14.4 Å². The molecule has 3 aromatic rings. The van der Waals surface area contributed by atoms with Gasteiger partial charge in [-0.15, -0.1) is 0 Å². The van der Waals surface area contributed by atoms with Gasteiger partial charge in [0.15, 0.2) is 29.6 Å². The number of hydrazone groups is 1. The first-order valence-electron chi connectivity index (χ1n) is 12.6.